The van der Waals surface area contributed by atoms with Gasteiger partial charge < -0.3 is 10.2 Å². The van der Waals surface area contributed by atoms with Crippen LogP contribution >= 0.6 is 11.3 Å². The van der Waals surface area contributed by atoms with Crippen LogP contribution in [0.3, 0.4) is 0 Å². The summed E-state index contributed by atoms with van der Waals surface area (Å²) in [4.78, 5) is 20.2. The first-order valence-electron chi connectivity index (χ1n) is 8.25. The Balaban J connectivity index is 1.73. The molecule has 5 nitrogen and oxygen atoms in total. The van der Waals surface area contributed by atoms with Crippen LogP contribution in [0.1, 0.15) is 24.3 Å². The van der Waals surface area contributed by atoms with Crippen LogP contribution < -0.4 is 5.32 Å². The fourth-order valence-electron chi connectivity index (χ4n) is 2.65. The molecule has 0 fully saturated rings. The molecule has 0 spiro atoms. The van der Waals surface area contributed by atoms with Crippen molar-refractivity contribution >= 4 is 22.2 Å². The lowest BCUT2D eigenvalue weighted by atomic mass is 10.2. The molecule has 3 aromatic rings. The standard InChI is InChI=1S/C18H22N4OS/c1-3-21(4-2)11-10-19-17(23)16-13-24-18-20-15(12-22(16)18)14-8-6-5-7-9-14/h5-9,12-13H,3-4,10-11H2,1-2H3,(H,19,23). The van der Waals surface area contributed by atoms with E-state index >= 15 is 0 Å². The number of amides is 1. The summed E-state index contributed by atoms with van der Waals surface area (Å²) in [7, 11) is 0. The van der Waals surface area contributed by atoms with Crippen molar-refractivity contribution in [2.45, 2.75) is 13.8 Å². The first kappa shape index (κ1) is 16.7. The highest BCUT2D eigenvalue weighted by atomic mass is 32.1. The van der Waals surface area contributed by atoms with Gasteiger partial charge >= 0.3 is 0 Å². The van der Waals surface area contributed by atoms with Gasteiger partial charge in [0.05, 0.1) is 5.69 Å². The molecule has 2 heterocycles. The highest BCUT2D eigenvalue weighted by Gasteiger charge is 2.15. The van der Waals surface area contributed by atoms with Gasteiger partial charge in [0.25, 0.3) is 5.91 Å². The number of nitrogens with one attached hydrogen (secondary N) is 1. The van der Waals surface area contributed by atoms with Crippen molar-refractivity contribution < 1.29 is 4.79 Å². The number of hydrogen-bond acceptors (Lipinski definition) is 4. The molecule has 2 aromatic heterocycles. The van der Waals surface area contributed by atoms with Crippen LogP contribution in [-0.4, -0.2) is 46.4 Å². The van der Waals surface area contributed by atoms with E-state index in [0.29, 0.717) is 12.2 Å². The molecule has 0 bridgehead atoms. The maximum atomic E-state index is 12.5. The molecule has 0 unspecified atom stereocenters. The van der Waals surface area contributed by atoms with E-state index in [-0.39, 0.29) is 5.91 Å². The molecule has 0 atom stereocenters. The number of fused-ring (bicyclic) bond motifs is 1. The van der Waals surface area contributed by atoms with E-state index in [1.54, 1.807) is 0 Å². The van der Waals surface area contributed by atoms with Crippen LogP contribution in [0.15, 0.2) is 41.9 Å². The average Bonchev–Trinajstić information content (AvgIpc) is 3.20. The molecular formula is C18H22N4OS. The summed E-state index contributed by atoms with van der Waals surface area (Å²) in [5, 5.41) is 4.87. The minimum Gasteiger partial charge on any atom is -0.349 e. The topological polar surface area (TPSA) is 49.6 Å². The zero-order valence-electron chi connectivity index (χ0n) is 14.0. The molecule has 0 aliphatic heterocycles. The molecule has 126 valence electrons. The van der Waals surface area contributed by atoms with Crippen molar-refractivity contribution in [3.05, 3.63) is 47.6 Å². The van der Waals surface area contributed by atoms with Gasteiger partial charge in [-0.2, -0.15) is 0 Å². The van der Waals surface area contributed by atoms with E-state index in [9.17, 15) is 4.79 Å². The van der Waals surface area contributed by atoms with Crippen molar-refractivity contribution in [3.8, 4) is 11.3 Å². The minimum absolute atomic E-state index is 0.0505. The molecule has 0 aliphatic rings. The number of likely N-dealkylation sites (N-methyl/N-ethyl adjacent to an activating group) is 1. The lowest BCUT2D eigenvalue weighted by Gasteiger charge is -2.17. The summed E-state index contributed by atoms with van der Waals surface area (Å²) in [5.74, 6) is -0.0505. The summed E-state index contributed by atoms with van der Waals surface area (Å²) in [5.41, 5.74) is 2.59. The van der Waals surface area contributed by atoms with E-state index < -0.39 is 0 Å². The zero-order chi connectivity index (χ0) is 16.9. The number of carbonyl (C=O) groups is 1. The van der Waals surface area contributed by atoms with E-state index in [1.165, 1.54) is 11.3 Å². The normalized spacial score (nSPS) is 11.3. The van der Waals surface area contributed by atoms with Gasteiger partial charge in [-0.05, 0) is 13.1 Å². The summed E-state index contributed by atoms with van der Waals surface area (Å²) in [6.07, 6.45) is 1.93. The highest BCUT2D eigenvalue weighted by molar-refractivity contribution is 7.15. The van der Waals surface area contributed by atoms with Gasteiger partial charge in [0.1, 0.15) is 5.69 Å². The van der Waals surface area contributed by atoms with E-state index in [1.807, 2.05) is 46.3 Å². The van der Waals surface area contributed by atoms with Crippen molar-refractivity contribution in [1.82, 2.24) is 19.6 Å². The third-order valence-electron chi connectivity index (χ3n) is 4.12. The Morgan fingerprint density at radius 3 is 2.71 bits per heavy atom. The molecule has 0 saturated carbocycles. The number of rotatable bonds is 7. The predicted octanol–water partition coefficient (Wildman–Crippen LogP) is 3.13. The Morgan fingerprint density at radius 2 is 2.00 bits per heavy atom. The lowest BCUT2D eigenvalue weighted by molar-refractivity contribution is 0.0943. The number of aromatic nitrogens is 2. The molecule has 0 aliphatic carbocycles. The SMILES string of the molecule is CCN(CC)CCNC(=O)c1csc2nc(-c3ccccc3)cn12. The fourth-order valence-corrected chi connectivity index (χ4v) is 3.51. The number of hydrogen-bond donors (Lipinski definition) is 1. The van der Waals surface area contributed by atoms with E-state index in [0.717, 1.165) is 35.9 Å². The number of nitrogens with zero attached hydrogens (tertiary/aromatic N) is 3. The van der Waals surface area contributed by atoms with Crippen LogP contribution in [-0.2, 0) is 0 Å². The lowest BCUT2D eigenvalue weighted by Crippen LogP contribution is -2.35. The molecule has 0 radical (unpaired) electrons. The van der Waals surface area contributed by atoms with Crippen molar-refractivity contribution in [3.63, 3.8) is 0 Å². The number of benzene rings is 1. The summed E-state index contributed by atoms with van der Waals surface area (Å²) >= 11 is 1.49. The summed E-state index contributed by atoms with van der Waals surface area (Å²) < 4.78 is 1.87. The zero-order valence-corrected chi connectivity index (χ0v) is 14.8. The third-order valence-corrected chi connectivity index (χ3v) is 4.96. The molecule has 3 rings (SSSR count). The van der Waals surface area contributed by atoms with Gasteiger partial charge in [0.15, 0.2) is 4.96 Å². The second-order valence-electron chi connectivity index (χ2n) is 5.55. The van der Waals surface area contributed by atoms with Gasteiger partial charge in [0, 0.05) is 30.2 Å². The van der Waals surface area contributed by atoms with Crippen molar-refractivity contribution in [1.29, 1.82) is 0 Å². The highest BCUT2D eigenvalue weighted by Crippen LogP contribution is 2.23. The molecule has 24 heavy (non-hydrogen) atoms. The summed E-state index contributed by atoms with van der Waals surface area (Å²) in [6.45, 7) is 7.77. The van der Waals surface area contributed by atoms with Crippen LogP contribution in [0.4, 0.5) is 0 Å². The smallest absolute Gasteiger partial charge is 0.269 e. The second kappa shape index (κ2) is 7.59. The van der Waals surface area contributed by atoms with E-state index in [4.69, 9.17) is 0 Å². The van der Waals surface area contributed by atoms with Gasteiger partial charge in [-0.1, -0.05) is 44.2 Å². The van der Waals surface area contributed by atoms with Gasteiger partial charge in [-0.3, -0.25) is 9.20 Å². The van der Waals surface area contributed by atoms with Gasteiger partial charge in [-0.15, -0.1) is 11.3 Å². The van der Waals surface area contributed by atoms with Crippen molar-refractivity contribution in [2.24, 2.45) is 0 Å². The number of carbonyl (C=O) groups excluding carboxylic acids is 1. The van der Waals surface area contributed by atoms with Crippen LogP contribution in [0.5, 0.6) is 0 Å². The Kier molecular flexibility index (Phi) is 5.27. The maximum absolute atomic E-state index is 12.5. The quantitative estimate of drug-likeness (QED) is 0.718. The molecule has 6 heteroatoms. The first-order chi connectivity index (χ1) is 11.7. The minimum atomic E-state index is -0.0505. The van der Waals surface area contributed by atoms with Crippen LogP contribution in [0.2, 0.25) is 0 Å². The maximum Gasteiger partial charge on any atom is 0.269 e. The Labute approximate surface area is 145 Å². The Morgan fingerprint density at radius 1 is 1.25 bits per heavy atom. The first-order valence-corrected chi connectivity index (χ1v) is 9.13. The largest absolute Gasteiger partial charge is 0.349 e. The fraction of sp³-hybridized carbons (Fsp3) is 0.333. The van der Waals surface area contributed by atoms with Gasteiger partial charge in [0.2, 0.25) is 0 Å². The monoisotopic (exact) mass is 342 g/mol. The second-order valence-corrected chi connectivity index (χ2v) is 6.39. The Hall–Kier alpha value is -2.18. The van der Waals surface area contributed by atoms with E-state index in [2.05, 4.69) is 29.0 Å². The number of thiazole rings is 1. The molecule has 1 amide bonds. The molecule has 1 N–H and O–H groups in total. The molecule has 0 saturated heterocycles. The third kappa shape index (κ3) is 3.49. The number of imidazole rings is 1. The van der Waals surface area contributed by atoms with Crippen LogP contribution in [0.25, 0.3) is 16.2 Å². The predicted molar refractivity (Wildman–Crippen MR) is 98.6 cm³/mol. The van der Waals surface area contributed by atoms with Crippen LogP contribution in [0, 0.1) is 0 Å². The molecular weight excluding hydrogens is 320 g/mol. The summed E-state index contributed by atoms with van der Waals surface area (Å²) in [6, 6.07) is 10.0. The van der Waals surface area contributed by atoms with Gasteiger partial charge in [-0.25, -0.2) is 4.98 Å². The molecule has 1 aromatic carbocycles. The van der Waals surface area contributed by atoms with Crippen molar-refractivity contribution in [2.75, 3.05) is 26.2 Å². The Bertz CT molecular complexity index is 805. The average molecular weight is 342 g/mol.